The number of thioether (sulfide) groups is 1. The molecule has 2 heteroatoms. The van der Waals surface area contributed by atoms with E-state index >= 15 is 0 Å². The molecular weight excluding hydrogens is 238 g/mol. The smallest absolute Gasteiger partial charge is 0.0295 e. The summed E-state index contributed by atoms with van der Waals surface area (Å²) in [6.45, 7) is 10.0. The molecule has 1 fully saturated rings. The van der Waals surface area contributed by atoms with Crippen LogP contribution >= 0.6 is 11.8 Å². The van der Waals surface area contributed by atoms with Gasteiger partial charge in [-0.1, -0.05) is 12.1 Å². The van der Waals surface area contributed by atoms with Gasteiger partial charge in [0.15, 0.2) is 0 Å². The third-order valence-corrected chi connectivity index (χ3v) is 5.74. The average Bonchev–Trinajstić information content (AvgIpc) is 3.11. The second-order valence-electron chi connectivity index (χ2n) is 5.78. The standard InChI is InChI=1S/C16H25NS/c1-11-8-13(3)15(9-12(11)2)14(4)17-10-16(18-5)6-7-16/h8-9,14,17H,6-7,10H2,1-5H3. The summed E-state index contributed by atoms with van der Waals surface area (Å²) in [5.41, 5.74) is 5.66. The third-order valence-electron chi connectivity index (χ3n) is 4.32. The van der Waals surface area contributed by atoms with Crippen LogP contribution in [0.4, 0.5) is 0 Å². The Bertz CT molecular complexity index is 435. The van der Waals surface area contributed by atoms with Gasteiger partial charge in [-0.05, 0) is 69.0 Å². The first-order valence-corrected chi connectivity index (χ1v) is 8.06. The number of aryl methyl sites for hydroxylation is 3. The highest BCUT2D eigenvalue weighted by Gasteiger charge is 2.41. The highest BCUT2D eigenvalue weighted by atomic mass is 32.2. The molecule has 0 saturated heterocycles. The van der Waals surface area contributed by atoms with Crippen LogP contribution in [0.25, 0.3) is 0 Å². The molecule has 0 spiro atoms. The van der Waals surface area contributed by atoms with Crippen molar-refractivity contribution in [2.24, 2.45) is 0 Å². The number of rotatable bonds is 5. The molecule has 1 aliphatic rings. The predicted molar refractivity (Wildman–Crippen MR) is 82.6 cm³/mol. The van der Waals surface area contributed by atoms with Gasteiger partial charge < -0.3 is 5.32 Å². The highest BCUT2D eigenvalue weighted by Crippen LogP contribution is 2.46. The first-order chi connectivity index (χ1) is 8.47. The van der Waals surface area contributed by atoms with Gasteiger partial charge in [0.05, 0.1) is 0 Å². The van der Waals surface area contributed by atoms with Crippen molar-refractivity contribution < 1.29 is 0 Å². The van der Waals surface area contributed by atoms with E-state index in [0.29, 0.717) is 10.8 Å². The lowest BCUT2D eigenvalue weighted by Crippen LogP contribution is -2.28. The summed E-state index contributed by atoms with van der Waals surface area (Å²) in [6, 6.07) is 5.11. The fraction of sp³-hybridized carbons (Fsp3) is 0.625. The van der Waals surface area contributed by atoms with Crippen LogP contribution in [-0.4, -0.2) is 17.5 Å². The molecule has 0 aliphatic heterocycles. The lowest BCUT2D eigenvalue weighted by atomic mass is 9.96. The first-order valence-electron chi connectivity index (χ1n) is 6.84. The topological polar surface area (TPSA) is 12.0 Å². The molecule has 0 aromatic heterocycles. The van der Waals surface area contributed by atoms with Crippen molar-refractivity contribution in [1.29, 1.82) is 0 Å². The summed E-state index contributed by atoms with van der Waals surface area (Å²) in [5.74, 6) is 0. The van der Waals surface area contributed by atoms with Crippen LogP contribution in [0.5, 0.6) is 0 Å². The van der Waals surface area contributed by atoms with E-state index in [4.69, 9.17) is 0 Å². The van der Waals surface area contributed by atoms with Gasteiger partial charge in [-0.2, -0.15) is 11.8 Å². The molecule has 18 heavy (non-hydrogen) atoms. The average molecular weight is 263 g/mol. The second-order valence-corrected chi connectivity index (χ2v) is 7.06. The van der Waals surface area contributed by atoms with Gasteiger partial charge in [0, 0.05) is 17.3 Å². The molecule has 0 bridgehead atoms. The summed E-state index contributed by atoms with van der Waals surface area (Å²) in [6.07, 6.45) is 4.99. The zero-order valence-electron chi connectivity index (χ0n) is 12.3. The van der Waals surface area contributed by atoms with Crippen LogP contribution < -0.4 is 5.32 Å². The van der Waals surface area contributed by atoms with Crippen molar-refractivity contribution in [2.75, 3.05) is 12.8 Å². The van der Waals surface area contributed by atoms with E-state index in [-0.39, 0.29) is 0 Å². The Morgan fingerprint density at radius 1 is 1.17 bits per heavy atom. The fourth-order valence-electron chi connectivity index (χ4n) is 2.49. The van der Waals surface area contributed by atoms with Gasteiger partial charge in [-0.3, -0.25) is 0 Å². The maximum absolute atomic E-state index is 3.72. The summed E-state index contributed by atoms with van der Waals surface area (Å²) in [5, 5.41) is 3.72. The Labute approximate surface area is 116 Å². The zero-order valence-corrected chi connectivity index (χ0v) is 13.1. The van der Waals surface area contributed by atoms with Crippen molar-refractivity contribution in [2.45, 2.75) is 51.3 Å². The molecule has 1 unspecified atom stereocenters. The van der Waals surface area contributed by atoms with Crippen LogP contribution in [0.2, 0.25) is 0 Å². The summed E-state index contributed by atoms with van der Waals surface area (Å²) >= 11 is 2.02. The molecule has 1 aromatic rings. The van der Waals surface area contributed by atoms with Crippen molar-refractivity contribution in [3.05, 3.63) is 34.4 Å². The monoisotopic (exact) mass is 263 g/mol. The number of hydrogen-bond donors (Lipinski definition) is 1. The summed E-state index contributed by atoms with van der Waals surface area (Å²) < 4.78 is 0.544. The number of hydrogen-bond acceptors (Lipinski definition) is 2. The van der Waals surface area contributed by atoms with E-state index in [0.717, 1.165) is 6.54 Å². The van der Waals surface area contributed by atoms with Gasteiger partial charge in [0.1, 0.15) is 0 Å². The molecule has 1 nitrogen and oxygen atoms in total. The van der Waals surface area contributed by atoms with E-state index in [9.17, 15) is 0 Å². The maximum atomic E-state index is 3.72. The van der Waals surface area contributed by atoms with Gasteiger partial charge in [0.25, 0.3) is 0 Å². The third kappa shape index (κ3) is 2.92. The molecule has 100 valence electrons. The maximum Gasteiger partial charge on any atom is 0.0295 e. The second kappa shape index (κ2) is 5.26. The Balaban J connectivity index is 2.04. The normalized spacial score (nSPS) is 18.7. The Morgan fingerprint density at radius 3 is 2.33 bits per heavy atom. The predicted octanol–water partition coefficient (Wildman–Crippen LogP) is 4.16. The molecular formula is C16H25NS. The molecule has 0 amide bonds. The van der Waals surface area contributed by atoms with E-state index in [2.05, 4.69) is 51.4 Å². The van der Waals surface area contributed by atoms with Gasteiger partial charge in [-0.15, -0.1) is 0 Å². The first kappa shape index (κ1) is 14.0. The van der Waals surface area contributed by atoms with Crippen LogP contribution in [0, 0.1) is 20.8 Å². The molecule has 0 heterocycles. The SMILES string of the molecule is CSC1(CNC(C)c2cc(C)c(C)cc2C)CC1. The highest BCUT2D eigenvalue weighted by molar-refractivity contribution is 8.00. The van der Waals surface area contributed by atoms with Crippen molar-refractivity contribution >= 4 is 11.8 Å². The lowest BCUT2D eigenvalue weighted by Gasteiger charge is -2.21. The van der Waals surface area contributed by atoms with E-state index in [1.807, 2.05) is 11.8 Å². The van der Waals surface area contributed by atoms with Gasteiger partial charge in [0.2, 0.25) is 0 Å². The minimum Gasteiger partial charge on any atom is -0.309 e. The minimum atomic E-state index is 0.453. The van der Waals surface area contributed by atoms with E-state index < -0.39 is 0 Å². The zero-order chi connectivity index (χ0) is 13.3. The molecule has 1 atom stereocenters. The van der Waals surface area contributed by atoms with Gasteiger partial charge in [-0.25, -0.2) is 0 Å². The fourth-order valence-corrected chi connectivity index (χ4v) is 3.23. The van der Waals surface area contributed by atoms with Gasteiger partial charge >= 0.3 is 0 Å². The van der Waals surface area contributed by atoms with E-state index in [1.165, 1.54) is 35.1 Å². The Morgan fingerprint density at radius 2 is 1.78 bits per heavy atom. The molecule has 1 saturated carbocycles. The molecule has 1 aliphatic carbocycles. The Hall–Kier alpha value is -0.470. The minimum absolute atomic E-state index is 0.453. The van der Waals surface area contributed by atoms with Crippen LogP contribution in [0.15, 0.2) is 12.1 Å². The van der Waals surface area contributed by atoms with Crippen molar-refractivity contribution in [3.63, 3.8) is 0 Å². The summed E-state index contributed by atoms with van der Waals surface area (Å²) in [4.78, 5) is 0. The van der Waals surface area contributed by atoms with Crippen LogP contribution in [-0.2, 0) is 0 Å². The Kier molecular flexibility index (Phi) is 4.08. The van der Waals surface area contributed by atoms with Crippen molar-refractivity contribution in [3.8, 4) is 0 Å². The lowest BCUT2D eigenvalue weighted by molar-refractivity contribution is 0.561. The van der Waals surface area contributed by atoms with E-state index in [1.54, 1.807) is 0 Å². The quantitative estimate of drug-likeness (QED) is 0.856. The van der Waals surface area contributed by atoms with Crippen LogP contribution in [0.1, 0.15) is 48.1 Å². The van der Waals surface area contributed by atoms with Crippen molar-refractivity contribution in [1.82, 2.24) is 5.32 Å². The molecule has 2 rings (SSSR count). The number of nitrogens with one attached hydrogen (secondary N) is 1. The molecule has 0 radical (unpaired) electrons. The molecule has 1 aromatic carbocycles. The summed E-state index contributed by atoms with van der Waals surface area (Å²) in [7, 11) is 0. The number of benzene rings is 1. The van der Waals surface area contributed by atoms with Crippen LogP contribution in [0.3, 0.4) is 0 Å². The molecule has 1 N–H and O–H groups in total. The largest absolute Gasteiger partial charge is 0.309 e.